The summed E-state index contributed by atoms with van der Waals surface area (Å²) in [6.07, 6.45) is 0.676. The molecule has 0 amide bonds. The summed E-state index contributed by atoms with van der Waals surface area (Å²) in [6, 6.07) is 3.38. The van der Waals surface area contributed by atoms with Crippen molar-refractivity contribution in [3.8, 4) is 0 Å². The fourth-order valence-electron chi connectivity index (χ4n) is 1.55. The third-order valence-electron chi connectivity index (χ3n) is 2.59. The van der Waals surface area contributed by atoms with Crippen LogP contribution in [-0.4, -0.2) is 45.5 Å². The first-order valence-electron chi connectivity index (χ1n) is 5.98. The van der Waals surface area contributed by atoms with E-state index in [1.54, 1.807) is 0 Å². The van der Waals surface area contributed by atoms with Gasteiger partial charge >= 0.3 is 0 Å². The van der Waals surface area contributed by atoms with Crippen LogP contribution in [0.3, 0.4) is 0 Å². The first-order chi connectivity index (χ1) is 9.24. The van der Waals surface area contributed by atoms with Gasteiger partial charge in [-0.1, -0.05) is 12.2 Å². The molecule has 5 nitrogen and oxygen atoms in total. The number of rotatable bonds is 7. The van der Waals surface area contributed by atoms with Crippen molar-refractivity contribution < 1.29 is 12.8 Å². The van der Waals surface area contributed by atoms with Crippen LogP contribution in [0.15, 0.2) is 23.1 Å². The summed E-state index contributed by atoms with van der Waals surface area (Å²) < 4.78 is 39.9. The van der Waals surface area contributed by atoms with E-state index in [4.69, 9.17) is 5.73 Å². The number of benzene rings is 1. The van der Waals surface area contributed by atoms with Gasteiger partial charge in [0.05, 0.1) is 4.90 Å². The fourth-order valence-corrected chi connectivity index (χ4v) is 2.80. The molecule has 0 aliphatic carbocycles. The number of sulfonamides is 1. The van der Waals surface area contributed by atoms with E-state index in [1.165, 1.54) is 6.07 Å². The van der Waals surface area contributed by atoms with Gasteiger partial charge in [0.2, 0.25) is 10.0 Å². The Balaban J connectivity index is 2.82. The van der Waals surface area contributed by atoms with Gasteiger partial charge in [0, 0.05) is 12.1 Å². The Kier molecular flexibility index (Phi) is 6.00. The van der Waals surface area contributed by atoms with Gasteiger partial charge in [-0.3, -0.25) is 0 Å². The Morgan fingerprint density at radius 1 is 1.45 bits per heavy atom. The van der Waals surface area contributed by atoms with E-state index in [2.05, 4.69) is 16.9 Å². The Hall–Kier alpha value is -1.09. The van der Waals surface area contributed by atoms with E-state index in [-0.39, 0.29) is 15.4 Å². The maximum atomic E-state index is 13.4. The Labute approximate surface area is 124 Å². The molecular weight excluding hydrogens is 301 g/mol. The second kappa shape index (κ2) is 7.07. The molecule has 0 unspecified atom stereocenters. The predicted molar refractivity (Wildman–Crippen MR) is 80.6 cm³/mol. The third-order valence-corrected chi connectivity index (χ3v) is 4.27. The summed E-state index contributed by atoms with van der Waals surface area (Å²) in [5.41, 5.74) is 5.28. The summed E-state index contributed by atoms with van der Waals surface area (Å²) >= 11 is 4.68. The summed E-state index contributed by atoms with van der Waals surface area (Å²) in [7, 11) is 0.130. The van der Waals surface area contributed by atoms with Crippen LogP contribution in [0, 0.1) is 5.82 Å². The molecule has 0 spiro atoms. The Morgan fingerprint density at radius 3 is 2.65 bits per heavy atom. The van der Waals surface area contributed by atoms with Crippen molar-refractivity contribution in [2.75, 3.05) is 27.2 Å². The summed E-state index contributed by atoms with van der Waals surface area (Å²) in [4.78, 5) is 1.73. The van der Waals surface area contributed by atoms with Gasteiger partial charge in [-0.25, -0.2) is 17.5 Å². The molecule has 0 aliphatic heterocycles. The zero-order valence-electron chi connectivity index (χ0n) is 11.4. The molecule has 8 heteroatoms. The molecule has 0 saturated heterocycles. The van der Waals surface area contributed by atoms with Crippen LogP contribution in [0.2, 0.25) is 0 Å². The number of halogens is 1. The molecule has 1 aromatic carbocycles. The van der Waals surface area contributed by atoms with Crippen LogP contribution in [0.1, 0.15) is 12.0 Å². The fraction of sp³-hybridized carbons (Fsp3) is 0.417. The van der Waals surface area contributed by atoms with Crippen LogP contribution in [-0.2, 0) is 10.0 Å². The second-order valence-corrected chi connectivity index (χ2v) is 6.77. The smallest absolute Gasteiger partial charge is 0.240 e. The number of hydrogen-bond donors (Lipinski definition) is 2. The Morgan fingerprint density at radius 2 is 2.10 bits per heavy atom. The predicted octanol–water partition coefficient (Wildman–Crippen LogP) is 0.690. The summed E-state index contributed by atoms with van der Waals surface area (Å²) in [5.74, 6) is -0.635. The third kappa shape index (κ3) is 4.78. The zero-order valence-corrected chi connectivity index (χ0v) is 13.0. The van der Waals surface area contributed by atoms with Gasteiger partial charge in [-0.2, -0.15) is 0 Å². The van der Waals surface area contributed by atoms with Crippen molar-refractivity contribution in [3.63, 3.8) is 0 Å². The molecule has 1 aromatic rings. The molecule has 0 bridgehead atoms. The van der Waals surface area contributed by atoms with E-state index in [1.807, 2.05) is 19.0 Å². The van der Waals surface area contributed by atoms with Gasteiger partial charge in [-0.15, -0.1) is 0 Å². The van der Waals surface area contributed by atoms with Crippen molar-refractivity contribution in [2.24, 2.45) is 5.73 Å². The quantitative estimate of drug-likeness (QED) is 0.571. The maximum absolute atomic E-state index is 13.4. The maximum Gasteiger partial charge on any atom is 0.240 e. The van der Waals surface area contributed by atoms with Crippen LogP contribution < -0.4 is 10.5 Å². The van der Waals surface area contributed by atoms with Crippen molar-refractivity contribution in [1.82, 2.24) is 9.62 Å². The Bertz CT molecular complexity index is 588. The highest BCUT2D eigenvalue weighted by atomic mass is 32.2. The summed E-state index contributed by atoms with van der Waals surface area (Å²) in [6.45, 7) is 1.07. The van der Waals surface area contributed by atoms with Crippen molar-refractivity contribution >= 4 is 27.2 Å². The van der Waals surface area contributed by atoms with Crippen molar-refractivity contribution in [1.29, 1.82) is 0 Å². The monoisotopic (exact) mass is 319 g/mol. The molecule has 3 N–H and O–H groups in total. The first-order valence-corrected chi connectivity index (χ1v) is 7.87. The van der Waals surface area contributed by atoms with Gasteiger partial charge < -0.3 is 10.6 Å². The van der Waals surface area contributed by atoms with E-state index in [9.17, 15) is 12.8 Å². The lowest BCUT2D eigenvalue weighted by atomic mass is 10.2. The lowest BCUT2D eigenvalue weighted by Gasteiger charge is -2.11. The van der Waals surface area contributed by atoms with Gasteiger partial charge in [0.25, 0.3) is 0 Å². The standard InChI is InChI=1S/C12H18FN3O2S2/c1-16(2)7-3-6-15-20(17,18)9-4-5-11(13)10(8-9)12(14)19/h4-5,8,15H,3,6-7H2,1-2H3,(H2,14,19). The van der Waals surface area contributed by atoms with Crippen molar-refractivity contribution in [3.05, 3.63) is 29.6 Å². The minimum atomic E-state index is -3.68. The molecule has 0 atom stereocenters. The van der Waals surface area contributed by atoms with Gasteiger partial charge in [0.1, 0.15) is 10.8 Å². The lowest BCUT2D eigenvalue weighted by molar-refractivity contribution is 0.400. The molecule has 0 aliphatic rings. The van der Waals surface area contributed by atoms with Crippen LogP contribution in [0.4, 0.5) is 4.39 Å². The highest BCUT2D eigenvalue weighted by Gasteiger charge is 2.16. The number of nitrogens with one attached hydrogen (secondary N) is 1. The molecule has 0 radical (unpaired) electrons. The number of nitrogens with two attached hydrogens (primary N) is 1. The lowest BCUT2D eigenvalue weighted by Crippen LogP contribution is -2.27. The number of hydrogen-bond acceptors (Lipinski definition) is 4. The average Bonchev–Trinajstić information content (AvgIpc) is 2.34. The topological polar surface area (TPSA) is 75.4 Å². The van der Waals surface area contributed by atoms with Crippen LogP contribution in [0.5, 0.6) is 0 Å². The normalized spacial score (nSPS) is 11.8. The van der Waals surface area contributed by atoms with Gasteiger partial charge in [0.15, 0.2) is 0 Å². The molecule has 112 valence electrons. The molecule has 20 heavy (non-hydrogen) atoms. The first kappa shape index (κ1) is 17.0. The molecule has 0 saturated carbocycles. The van der Waals surface area contributed by atoms with Crippen LogP contribution in [0.25, 0.3) is 0 Å². The van der Waals surface area contributed by atoms with E-state index in [0.717, 1.165) is 18.7 Å². The average molecular weight is 319 g/mol. The second-order valence-electron chi connectivity index (χ2n) is 4.56. The molecular formula is C12H18FN3O2S2. The van der Waals surface area contributed by atoms with Crippen LogP contribution >= 0.6 is 12.2 Å². The highest BCUT2D eigenvalue weighted by Crippen LogP contribution is 2.15. The molecule has 0 aromatic heterocycles. The minimum Gasteiger partial charge on any atom is -0.389 e. The minimum absolute atomic E-state index is 0.0495. The number of thiocarbonyl (C=S) groups is 1. The zero-order chi connectivity index (χ0) is 15.3. The van der Waals surface area contributed by atoms with E-state index >= 15 is 0 Å². The van der Waals surface area contributed by atoms with E-state index in [0.29, 0.717) is 13.0 Å². The largest absolute Gasteiger partial charge is 0.389 e. The van der Waals surface area contributed by atoms with Crippen molar-refractivity contribution in [2.45, 2.75) is 11.3 Å². The van der Waals surface area contributed by atoms with E-state index < -0.39 is 15.8 Å². The molecule has 0 fully saturated rings. The molecule has 0 heterocycles. The highest BCUT2D eigenvalue weighted by molar-refractivity contribution is 7.89. The van der Waals surface area contributed by atoms with Gasteiger partial charge in [-0.05, 0) is 45.3 Å². The number of nitrogens with zero attached hydrogens (tertiary/aromatic N) is 1. The molecule has 1 rings (SSSR count). The summed E-state index contributed by atoms with van der Waals surface area (Å²) in [5, 5.41) is 0. The SMILES string of the molecule is CN(C)CCCNS(=O)(=O)c1ccc(F)c(C(N)=S)c1.